The number of rotatable bonds is 4. The van der Waals surface area contributed by atoms with Crippen molar-refractivity contribution in [2.24, 2.45) is 11.3 Å². The fourth-order valence-electron chi connectivity index (χ4n) is 3.66. The Labute approximate surface area is 180 Å². The van der Waals surface area contributed by atoms with E-state index in [1.807, 2.05) is 0 Å². The van der Waals surface area contributed by atoms with Crippen molar-refractivity contribution in [3.05, 3.63) is 51.7 Å². The van der Waals surface area contributed by atoms with Crippen LogP contribution in [0.3, 0.4) is 0 Å². The first kappa shape index (κ1) is 21.4. The summed E-state index contributed by atoms with van der Waals surface area (Å²) in [7, 11) is 0. The monoisotopic (exact) mass is 429 g/mol. The van der Waals surface area contributed by atoms with Gasteiger partial charge in [-0.2, -0.15) is 5.26 Å². The second kappa shape index (κ2) is 8.60. The van der Waals surface area contributed by atoms with Crippen LogP contribution in [0.5, 0.6) is 0 Å². The van der Waals surface area contributed by atoms with Crippen molar-refractivity contribution < 1.29 is 9.18 Å². The van der Waals surface area contributed by atoms with Gasteiger partial charge in [0.15, 0.2) is 5.11 Å². The number of hydrogen-bond donors (Lipinski definition) is 2. The number of fused-ring (bicyclic) bond motifs is 1. The van der Waals surface area contributed by atoms with Crippen LogP contribution in [0.25, 0.3) is 0 Å². The summed E-state index contributed by atoms with van der Waals surface area (Å²) in [5.74, 6) is -0.245. The lowest BCUT2D eigenvalue weighted by Crippen LogP contribution is -2.34. The third-order valence-corrected chi connectivity index (χ3v) is 7.33. The van der Waals surface area contributed by atoms with Crippen LogP contribution in [-0.4, -0.2) is 11.0 Å². The highest BCUT2D eigenvalue weighted by Gasteiger charge is 2.34. The highest BCUT2D eigenvalue weighted by Crippen LogP contribution is 2.45. The summed E-state index contributed by atoms with van der Waals surface area (Å²) in [5, 5.41) is 16.1. The van der Waals surface area contributed by atoms with Gasteiger partial charge < -0.3 is 5.32 Å². The maximum Gasteiger partial charge on any atom is 0.257 e. The number of nitriles is 1. The number of carbonyl (C=O) groups is 1. The summed E-state index contributed by atoms with van der Waals surface area (Å²) < 4.78 is 13.0. The Morgan fingerprint density at radius 2 is 2.07 bits per heavy atom. The molecule has 1 amide bonds. The van der Waals surface area contributed by atoms with E-state index in [9.17, 15) is 14.4 Å². The largest absolute Gasteiger partial charge is 0.323 e. The standard InChI is InChI=1S/C22H24FN3OS2/c1-4-22(2,3)14-7-10-16-17(12-24)20(29-18(16)11-14)26-21(28)25-19(27)13-5-8-15(23)9-6-13/h5-6,8-9,14H,4,7,10-11H2,1-3H3,(H2,25,26,27,28)/t14-/m0/s1. The molecule has 4 nitrogen and oxygen atoms in total. The van der Waals surface area contributed by atoms with E-state index >= 15 is 0 Å². The van der Waals surface area contributed by atoms with E-state index in [4.69, 9.17) is 12.2 Å². The number of halogens is 1. The summed E-state index contributed by atoms with van der Waals surface area (Å²) in [6, 6.07) is 7.54. The lowest BCUT2D eigenvalue weighted by atomic mass is 9.69. The molecule has 0 bridgehead atoms. The van der Waals surface area contributed by atoms with Gasteiger partial charge in [0.25, 0.3) is 5.91 Å². The Bertz CT molecular complexity index is 973. The highest BCUT2D eigenvalue weighted by molar-refractivity contribution is 7.80. The average molecular weight is 430 g/mol. The Morgan fingerprint density at radius 3 is 2.69 bits per heavy atom. The molecule has 1 atom stereocenters. The van der Waals surface area contributed by atoms with Gasteiger partial charge in [0, 0.05) is 10.4 Å². The van der Waals surface area contributed by atoms with Gasteiger partial charge in [-0.05, 0) is 72.6 Å². The fourth-order valence-corrected chi connectivity index (χ4v) is 5.20. The third kappa shape index (κ3) is 4.65. The number of hydrogen-bond acceptors (Lipinski definition) is 4. The van der Waals surface area contributed by atoms with Gasteiger partial charge in [-0.15, -0.1) is 11.3 Å². The van der Waals surface area contributed by atoms with Gasteiger partial charge in [0.05, 0.1) is 5.56 Å². The molecule has 1 heterocycles. The summed E-state index contributed by atoms with van der Waals surface area (Å²) in [6.07, 6.45) is 4.05. The normalized spacial score (nSPS) is 15.9. The Kier molecular flexibility index (Phi) is 6.35. The predicted molar refractivity (Wildman–Crippen MR) is 119 cm³/mol. The molecule has 0 fully saturated rings. The zero-order chi connectivity index (χ0) is 21.2. The Balaban J connectivity index is 1.73. The molecule has 0 spiro atoms. The van der Waals surface area contributed by atoms with Crippen LogP contribution >= 0.6 is 23.6 Å². The molecule has 152 valence electrons. The number of nitrogens with zero attached hydrogens (tertiary/aromatic N) is 1. The van der Waals surface area contributed by atoms with Crippen LogP contribution in [0.15, 0.2) is 24.3 Å². The van der Waals surface area contributed by atoms with Gasteiger partial charge in [-0.25, -0.2) is 4.39 Å². The minimum absolute atomic E-state index is 0.125. The van der Waals surface area contributed by atoms with Crippen molar-refractivity contribution in [1.82, 2.24) is 5.32 Å². The lowest BCUT2D eigenvalue weighted by molar-refractivity contribution is 0.0977. The number of nitrogens with one attached hydrogen (secondary N) is 2. The van der Waals surface area contributed by atoms with Crippen LogP contribution in [0.1, 0.15) is 60.0 Å². The first-order chi connectivity index (χ1) is 13.7. The fraction of sp³-hybridized carbons (Fsp3) is 0.409. The van der Waals surface area contributed by atoms with Crippen LogP contribution in [-0.2, 0) is 12.8 Å². The molecule has 0 saturated heterocycles. The van der Waals surface area contributed by atoms with E-state index in [2.05, 4.69) is 37.5 Å². The first-order valence-corrected chi connectivity index (χ1v) is 10.9. The minimum atomic E-state index is -0.424. The van der Waals surface area contributed by atoms with E-state index in [-0.39, 0.29) is 10.5 Å². The molecule has 3 rings (SSSR count). The van der Waals surface area contributed by atoms with E-state index in [1.165, 1.54) is 29.1 Å². The van der Waals surface area contributed by atoms with Crippen LogP contribution in [0.2, 0.25) is 0 Å². The second-order valence-corrected chi connectivity index (χ2v) is 9.53. The number of thiophene rings is 1. The van der Waals surface area contributed by atoms with Crippen LogP contribution in [0.4, 0.5) is 9.39 Å². The maximum absolute atomic E-state index is 13.0. The number of amides is 1. The molecule has 1 aliphatic carbocycles. The number of thiocarbonyl (C=S) groups is 1. The van der Waals surface area contributed by atoms with Gasteiger partial charge in [0.2, 0.25) is 0 Å². The second-order valence-electron chi connectivity index (χ2n) is 8.02. The Hall–Kier alpha value is -2.30. The molecular formula is C22H24FN3OS2. The quantitative estimate of drug-likeness (QED) is 0.637. The molecule has 1 aromatic heterocycles. The number of anilines is 1. The molecule has 1 aromatic carbocycles. The summed E-state index contributed by atoms with van der Waals surface area (Å²) >= 11 is 6.82. The van der Waals surface area contributed by atoms with E-state index < -0.39 is 11.7 Å². The van der Waals surface area contributed by atoms with E-state index in [1.54, 1.807) is 11.3 Å². The molecule has 0 radical (unpaired) electrons. The molecule has 0 aliphatic heterocycles. The van der Waals surface area contributed by atoms with Gasteiger partial charge in [0.1, 0.15) is 16.9 Å². The average Bonchev–Trinajstić information content (AvgIpc) is 3.04. The minimum Gasteiger partial charge on any atom is -0.323 e. The van der Waals surface area contributed by atoms with Crippen molar-refractivity contribution in [2.45, 2.75) is 46.5 Å². The van der Waals surface area contributed by atoms with Crippen molar-refractivity contribution >= 4 is 39.6 Å². The summed E-state index contributed by atoms with van der Waals surface area (Å²) in [6.45, 7) is 6.83. The molecule has 29 heavy (non-hydrogen) atoms. The van der Waals surface area contributed by atoms with Crippen molar-refractivity contribution in [2.75, 3.05) is 5.32 Å². The molecule has 0 saturated carbocycles. The number of benzene rings is 1. The molecule has 2 N–H and O–H groups in total. The number of carbonyl (C=O) groups excluding carboxylic acids is 1. The molecule has 7 heteroatoms. The molecule has 0 unspecified atom stereocenters. The van der Waals surface area contributed by atoms with Crippen LogP contribution in [0, 0.1) is 28.5 Å². The molecule has 2 aromatic rings. The zero-order valence-corrected chi connectivity index (χ0v) is 18.4. The van der Waals surface area contributed by atoms with Crippen molar-refractivity contribution in [3.63, 3.8) is 0 Å². The topological polar surface area (TPSA) is 64.9 Å². The molecule has 1 aliphatic rings. The van der Waals surface area contributed by atoms with Crippen molar-refractivity contribution in [1.29, 1.82) is 5.26 Å². The summed E-state index contributed by atoms with van der Waals surface area (Å²) in [5.41, 5.74) is 2.30. The SMILES string of the molecule is CCC(C)(C)[C@H]1CCc2c(sc(NC(=S)NC(=O)c3ccc(F)cc3)c2C#N)C1. The van der Waals surface area contributed by atoms with Crippen LogP contribution < -0.4 is 10.6 Å². The smallest absolute Gasteiger partial charge is 0.257 e. The van der Waals surface area contributed by atoms with Gasteiger partial charge in [-0.1, -0.05) is 27.2 Å². The van der Waals surface area contributed by atoms with Crippen molar-refractivity contribution in [3.8, 4) is 6.07 Å². The first-order valence-electron chi connectivity index (χ1n) is 9.67. The van der Waals surface area contributed by atoms with E-state index in [0.29, 0.717) is 22.0 Å². The molecular weight excluding hydrogens is 405 g/mol. The predicted octanol–water partition coefficient (Wildman–Crippen LogP) is 5.43. The zero-order valence-electron chi connectivity index (χ0n) is 16.8. The van der Waals surface area contributed by atoms with Gasteiger partial charge >= 0.3 is 0 Å². The third-order valence-electron chi connectivity index (χ3n) is 5.95. The van der Waals surface area contributed by atoms with Gasteiger partial charge in [-0.3, -0.25) is 10.1 Å². The van der Waals surface area contributed by atoms with E-state index in [0.717, 1.165) is 31.2 Å². The highest BCUT2D eigenvalue weighted by atomic mass is 32.1. The summed E-state index contributed by atoms with van der Waals surface area (Å²) in [4.78, 5) is 13.5. The lowest BCUT2D eigenvalue weighted by Gasteiger charge is -2.36. The maximum atomic E-state index is 13.0. The Morgan fingerprint density at radius 1 is 1.38 bits per heavy atom.